The standard InChI is InChI=1S/C15H18ClN3O3S/c1-4-19-13(17-18-15(19)23-9-14(20)21-3)8-22-12-7-10(2)5-6-11(12)16/h5-7H,4,8-9H2,1-3H3. The minimum atomic E-state index is -0.301. The smallest absolute Gasteiger partial charge is 0.316 e. The van der Waals surface area contributed by atoms with Crippen LogP contribution in [0.1, 0.15) is 18.3 Å². The maximum atomic E-state index is 11.2. The van der Waals surface area contributed by atoms with E-state index in [9.17, 15) is 4.79 Å². The lowest BCUT2D eigenvalue weighted by atomic mass is 10.2. The van der Waals surface area contributed by atoms with Crippen LogP contribution in [-0.4, -0.2) is 33.6 Å². The number of aryl methyl sites for hydroxylation is 1. The molecular formula is C15H18ClN3O3S. The molecule has 2 rings (SSSR count). The topological polar surface area (TPSA) is 66.2 Å². The largest absolute Gasteiger partial charge is 0.484 e. The van der Waals surface area contributed by atoms with Gasteiger partial charge in [-0.3, -0.25) is 4.79 Å². The summed E-state index contributed by atoms with van der Waals surface area (Å²) in [6.45, 7) is 4.88. The third-order valence-corrected chi connectivity index (χ3v) is 4.35. The fraction of sp³-hybridized carbons (Fsp3) is 0.400. The Kier molecular flexibility index (Phi) is 6.29. The van der Waals surface area contributed by atoms with Crippen LogP contribution in [0.5, 0.6) is 5.75 Å². The maximum absolute atomic E-state index is 11.2. The number of rotatable bonds is 7. The Bertz CT molecular complexity index is 691. The Morgan fingerprint density at radius 1 is 1.39 bits per heavy atom. The van der Waals surface area contributed by atoms with Crippen LogP contribution in [0.15, 0.2) is 23.4 Å². The minimum absolute atomic E-state index is 0.194. The van der Waals surface area contributed by atoms with E-state index in [0.29, 0.717) is 28.3 Å². The van der Waals surface area contributed by atoms with Crippen molar-refractivity contribution in [1.29, 1.82) is 0 Å². The molecule has 0 saturated heterocycles. The number of thioether (sulfide) groups is 1. The van der Waals surface area contributed by atoms with Crippen molar-refractivity contribution in [2.24, 2.45) is 0 Å². The van der Waals surface area contributed by atoms with Crippen LogP contribution in [0.25, 0.3) is 0 Å². The van der Waals surface area contributed by atoms with E-state index >= 15 is 0 Å². The normalized spacial score (nSPS) is 10.6. The lowest BCUT2D eigenvalue weighted by Crippen LogP contribution is -2.09. The summed E-state index contributed by atoms with van der Waals surface area (Å²) in [6, 6.07) is 5.60. The van der Waals surface area contributed by atoms with E-state index in [1.165, 1.54) is 18.9 Å². The lowest BCUT2D eigenvalue weighted by Gasteiger charge is -2.10. The van der Waals surface area contributed by atoms with Gasteiger partial charge in [0.25, 0.3) is 0 Å². The average Bonchev–Trinajstić information content (AvgIpc) is 2.95. The minimum Gasteiger partial charge on any atom is -0.484 e. The number of carbonyl (C=O) groups is 1. The first kappa shape index (κ1) is 17.6. The fourth-order valence-corrected chi connectivity index (χ4v) is 2.92. The second kappa shape index (κ2) is 8.21. The highest BCUT2D eigenvalue weighted by atomic mass is 35.5. The zero-order valence-electron chi connectivity index (χ0n) is 13.2. The second-order valence-corrected chi connectivity index (χ2v) is 6.08. The molecule has 8 heteroatoms. The van der Waals surface area contributed by atoms with Gasteiger partial charge in [0.05, 0.1) is 17.9 Å². The lowest BCUT2D eigenvalue weighted by molar-refractivity contribution is -0.137. The maximum Gasteiger partial charge on any atom is 0.316 e. The summed E-state index contributed by atoms with van der Waals surface area (Å²) in [4.78, 5) is 11.2. The number of halogens is 1. The fourth-order valence-electron chi connectivity index (χ4n) is 1.90. The number of nitrogens with zero attached hydrogens (tertiary/aromatic N) is 3. The van der Waals surface area contributed by atoms with Crippen LogP contribution in [0.4, 0.5) is 0 Å². The van der Waals surface area contributed by atoms with Gasteiger partial charge >= 0.3 is 5.97 Å². The second-order valence-electron chi connectivity index (χ2n) is 4.73. The van der Waals surface area contributed by atoms with Gasteiger partial charge in [0.15, 0.2) is 11.0 Å². The van der Waals surface area contributed by atoms with Gasteiger partial charge in [0.2, 0.25) is 0 Å². The third kappa shape index (κ3) is 4.62. The number of hydrogen-bond donors (Lipinski definition) is 0. The summed E-state index contributed by atoms with van der Waals surface area (Å²) < 4.78 is 12.3. The number of methoxy groups -OCH3 is 1. The molecule has 1 aromatic heterocycles. The van der Waals surface area contributed by atoms with E-state index in [4.69, 9.17) is 16.3 Å². The van der Waals surface area contributed by atoms with Crippen LogP contribution in [0, 0.1) is 6.92 Å². The summed E-state index contributed by atoms with van der Waals surface area (Å²) in [6.07, 6.45) is 0. The van der Waals surface area contributed by atoms with E-state index in [1.54, 1.807) is 6.07 Å². The average molecular weight is 356 g/mol. The molecule has 0 fully saturated rings. The van der Waals surface area contributed by atoms with Crippen molar-refractivity contribution < 1.29 is 14.3 Å². The van der Waals surface area contributed by atoms with Crippen molar-refractivity contribution >= 4 is 29.3 Å². The number of ether oxygens (including phenoxy) is 2. The number of benzene rings is 1. The molecule has 1 heterocycles. The first-order valence-electron chi connectivity index (χ1n) is 7.05. The monoisotopic (exact) mass is 355 g/mol. The molecule has 0 N–H and O–H groups in total. The van der Waals surface area contributed by atoms with Gasteiger partial charge < -0.3 is 14.0 Å². The van der Waals surface area contributed by atoms with Crippen molar-refractivity contribution in [1.82, 2.24) is 14.8 Å². The van der Waals surface area contributed by atoms with Gasteiger partial charge in [-0.25, -0.2) is 0 Å². The molecule has 1 aromatic carbocycles. The third-order valence-electron chi connectivity index (χ3n) is 3.10. The molecule has 0 unspecified atom stereocenters. The molecule has 23 heavy (non-hydrogen) atoms. The first-order chi connectivity index (χ1) is 11.0. The zero-order valence-corrected chi connectivity index (χ0v) is 14.8. The van der Waals surface area contributed by atoms with Crippen molar-refractivity contribution in [3.63, 3.8) is 0 Å². The van der Waals surface area contributed by atoms with Crippen LogP contribution in [-0.2, 0) is 22.7 Å². The molecule has 6 nitrogen and oxygen atoms in total. The molecule has 0 aliphatic carbocycles. The SMILES string of the molecule is CCn1c(COc2cc(C)ccc2Cl)nnc1SCC(=O)OC. The number of esters is 1. The Labute approximate surface area is 144 Å². The van der Waals surface area contributed by atoms with E-state index < -0.39 is 0 Å². The predicted molar refractivity (Wildman–Crippen MR) is 89.0 cm³/mol. The van der Waals surface area contributed by atoms with Crippen LogP contribution in [0.2, 0.25) is 5.02 Å². The van der Waals surface area contributed by atoms with Crippen LogP contribution >= 0.6 is 23.4 Å². The van der Waals surface area contributed by atoms with E-state index in [-0.39, 0.29) is 18.3 Å². The predicted octanol–water partition coefficient (Wildman–Crippen LogP) is 3.10. The van der Waals surface area contributed by atoms with Gasteiger partial charge in [0.1, 0.15) is 12.4 Å². The molecular weight excluding hydrogens is 338 g/mol. The van der Waals surface area contributed by atoms with Crippen LogP contribution in [0.3, 0.4) is 0 Å². The highest BCUT2D eigenvalue weighted by Crippen LogP contribution is 2.26. The van der Waals surface area contributed by atoms with Crippen molar-refractivity contribution in [2.45, 2.75) is 32.2 Å². The van der Waals surface area contributed by atoms with E-state index in [1.807, 2.05) is 30.5 Å². The van der Waals surface area contributed by atoms with Crippen LogP contribution < -0.4 is 4.74 Å². The molecule has 2 aromatic rings. The summed E-state index contributed by atoms with van der Waals surface area (Å²) >= 11 is 7.40. The Morgan fingerprint density at radius 2 is 2.17 bits per heavy atom. The van der Waals surface area contributed by atoms with E-state index in [0.717, 1.165) is 5.56 Å². The highest BCUT2D eigenvalue weighted by Gasteiger charge is 2.14. The van der Waals surface area contributed by atoms with E-state index in [2.05, 4.69) is 14.9 Å². The molecule has 0 radical (unpaired) electrons. The summed E-state index contributed by atoms with van der Waals surface area (Å²) in [5.41, 5.74) is 1.07. The van der Waals surface area contributed by atoms with Gasteiger partial charge in [-0.15, -0.1) is 10.2 Å². The molecule has 0 spiro atoms. The van der Waals surface area contributed by atoms with Crippen molar-refractivity contribution in [3.8, 4) is 5.75 Å². The van der Waals surface area contributed by atoms with Gasteiger partial charge in [0, 0.05) is 6.54 Å². The zero-order chi connectivity index (χ0) is 16.8. The Balaban J connectivity index is 2.06. The molecule has 0 atom stereocenters. The molecule has 124 valence electrons. The molecule has 0 amide bonds. The van der Waals surface area contributed by atoms with Gasteiger partial charge in [-0.2, -0.15) is 0 Å². The molecule has 0 saturated carbocycles. The Morgan fingerprint density at radius 3 is 2.87 bits per heavy atom. The Hall–Kier alpha value is -1.73. The molecule has 0 aliphatic heterocycles. The summed E-state index contributed by atoms with van der Waals surface area (Å²) in [7, 11) is 1.36. The highest BCUT2D eigenvalue weighted by molar-refractivity contribution is 7.99. The van der Waals surface area contributed by atoms with Gasteiger partial charge in [-0.1, -0.05) is 29.4 Å². The summed E-state index contributed by atoms with van der Waals surface area (Å²) in [5, 5.41) is 9.44. The summed E-state index contributed by atoms with van der Waals surface area (Å²) in [5.74, 6) is 1.18. The number of aromatic nitrogens is 3. The molecule has 0 aliphatic rings. The van der Waals surface area contributed by atoms with Crippen molar-refractivity contribution in [2.75, 3.05) is 12.9 Å². The molecule has 0 bridgehead atoms. The quantitative estimate of drug-likeness (QED) is 0.561. The van der Waals surface area contributed by atoms with Crippen molar-refractivity contribution in [3.05, 3.63) is 34.6 Å². The van der Waals surface area contributed by atoms with Gasteiger partial charge in [-0.05, 0) is 31.5 Å². The number of carbonyl (C=O) groups excluding carboxylic acids is 1. The first-order valence-corrected chi connectivity index (χ1v) is 8.42. The number of hydrogen-bond acceptors (Lipinski definition) is 6.